The number of hydrogen-bond acceptors (Lipinski definition) is 5. The van der Waals surface area contributed by atoms with Crippen molar-refractivity contribution < 1.29 is 14.3 Å². The van der Waals surface area contributed by atoms with Crippen molar-refractivity contribution in [3.05, 3.63) is 71.3 Å². The molecule has 2 heterocycles. The second kappa shape index (κ2) is 8.30. The van der Waals surface area contributed by atoms with Gasteiger partial charge in [-0.3, -0.25) is 4.79 Å². The smallest absolute Gasteiger partial charge is 0.268 e. The number of aliphatic hydroxyl groups excluding tert-OH is 1. The molecule has 0 saturated carbocycles. The molecule has 8 heteroatoms. The molecule has 4 aromatic rings. The van der Waals surface area contributed by atoms with Crippen LogP contribution in [0.5, 0.6) is 0 Å². The van der Waals surface area contributed by atoms with Crippen LogP contribution < -0.4 is 5.73 Å². The van der Waals surface area contributed by atoms with Crippen molar-refractivity contribution in [2.45, 2.75) is 31.9 Å². The Morgan fingerprint density at radius 3 is 2.67 bits per heavy atom. The lowest BCUT2D eigenvalue weighted by Crippen LogP contribution is -2.14. The molecule has 0 aliphatic carbocycles. The first kappa shape index (κ1) is 20.1. The van der Waals surface area contributed by atoms with Gasteiger partial charge in [-0.25, -0.2) is 9.97 Å². The van der Waals surface area contributed by atoms with Crippen LogP contribution in [0.15, 0.2) is 59.4 Å². The van der Waals surface area contributed by atoms with Crippen molar-refractivity contribution in [3.8, 4) is 11.5 Å². The molecule has 2 aromatic heterocycles. The predicted octanol–water partition coefficient (Wildman–Crippen LogP) is 4.19. The fourth-order valence-corrected chi connectivity index (χ4v) is 3.57. The fourth-order valence-electron chi connectivity index (χ4n) is 3.45. The molecule has 7 nitrogen and oxygen atoms in total. The Bertz CT molecular complexity index is 1180. The Labute approximate surface area is 178 Å². The number of aliphatic hydroxyl groups is 1. The SMILES string of the molecule is C[C@H](O)CCC(c1cccc2nc(-c3ccc(Cl)cc3)oc12)n1cnc(C(N)=O)c1. The van der Waals surface area contributed by atoms with Crippen LogP contribution in [-0.4, -0.2) is 31.7 Å². The number of carbonyl (C=O) groups is 1. The fraction of sp³-hybridized carbons (Fsp3) is 0.227. The number of hydrogen-bond donors (Lipinski definition) is 2. The summed E-state index contributed by atoms with van der Waals surface area (Å²) in [5.74, 6) is -0.0993. The van der Waals surface area contributed by atoms with Gasteiger partial charge in [0.1, 0.15) is 11.2 Å². The third-order valence-corrected chi connectivity index (χ3v) is 5.22. The second-order valence-electron chi connectivity index (χ2n) is 7.23. The van der Waals surface area contributed by atoms with Crippen molar-refractivity contribution in [1.82, 2.24) is 14.5 Å². The van der Waals surface area contributed by atoms with E-state index in [2.05, 4.69) is 9.97 Å². The number of rotatable bonds is 7. The maximum absolute atomic E-state index is 11.5. The standard InChI is InChI=1S/C22H21ClN4O3/c1-13(28)5-10-19(27-11-18(21(24)29)25-12-27)16-3-2-4-17-20(16)30-22(26-17)14-6-8-15(23)9-7-14/h2-4,6-9,11-13,19,28H,5,10H2,1H3,(H2,24,29)/t13-,19?/m0/s1. The number of benzene rings is 2. The molecule has 2 atom stereocenters. The monoisotopic (exact) mass is 424 g/mol. The molecule has 3 N–H and O–H groups in total. The van der Waals surface area contributed by atoms with Gasteiger partial charge in [0.2, 0.25) is 5.89 Å². The van der Waals surface area contributed by atoms with Gasteiger partial charge in [-0.2, -0.15) is 0 Å². The molecular weight excluding hydrogens is 404 g/mol. The van der Waals surface area contributed by atoms with Gasteiger partial charge >= 0.3 is 0 Å². The van der Waals surface area contributed by atoms with Gasteiger partial charge in [0.05, 0.1) is 18.5 Å². The molecule has 0 aliphatic heterocycles. The van der Waals surface area contributed by atoms with Gasteiger partial charge in [-0.15, -0.1) is 0 Å². The lowest BCUT2D eigenvalue weighted by atomic mass is 9.99. The first-order valence-electron chi connectivity index (χ1n) is 9.59. The van der Waals surface area contributed by atoms with E-state index in [1.807, 2.05) is 34.9 Å². The topological polar surface area (TPSA) is 107 Å². The van der Waals surface area contributed by atoms with Crippen molar-refractivity contribution in [2.75, 3.05) is 0 Å². The Morgan fingerprint density at radius 1 is 1.23 bits per heavy atom. The Kier molecular flexibility index (Phi) is 5.57. The van der Waals surface area contributed by atoms with E-state index in [0.717, 1.165) is 16.6 Å². The summed E-state index contributed by atoms with van der Waals surface area (Å²) in [5.41, 5.74) is 8.62. The van der Waals surface area contributed by atoms with Crippen molar-refractivity contribution in [2.24, 2.45) is 5.73 Å². The number of nitrogens with zero attached hydrogens (tertiary/aromatic N) is 3. The predicted molar refractivity (Wildman–Crippen MR) is 114 cm³/mol. The molecule has 0 spiro atoms. The zero-order valence-electron chi connectivity index (χ0n) is 16.3. The van der Waals surface area contributed by atoms with Crippen LogP contribution in [0.25, 0.3) is 22.6 Å². The molecule has 2 aromatic carbocycles. The Morgan fingerprint density at radius 2 is 2.00 bits per heavy atom. The molecular formula is C22H21ClN4O3. The second-order valence-corrected chi connectivity index (χ2v) is 7.67. The zero-order valence-corrected chi connectivity index (χ0v) is 17.1. The van der Waals surface area contributed by atoms with E-state index in [0.29, 0.717) is 29.3 Å². The highest BCUT2D eigenvalue weighted by Crippen LogP contribution is 2.34. The average Bonchev–Trinajstić information content (AvgIpc) is 3.36. The maximum atomic E-state index is 11.5. The number of carbonyl (C=O) groups excluding carboxylic acids is 1. The van der Waals surface area contributed by atoms with E-state index in [4.69, 9.17) is 21.8 Å². The average molecular weight is 425 g/mol. The Hall–Kier alpha value is -3.16. The molecule has 154 valence electrons. The molecule has 30 heavy (non-hydrogen) atoms. The summed E-state index contributed by atoms with van der Waals surface area (Å²) in [7, 11) is 0. The van der Waals surface area contributed by atoms with Crippen LogP contribution in [0.1, 0.15) is 41.9 Å². The lowest BCUT2D eigenvalue weighted by Gasteiger charge is -2.19. The van der Waals surface area contributed by atoms with E-state index < -0.39 is 12.0 Å². The number of oxazole rings is 1. The number of nitrogens with two attached hydrogens (primary N) is 1. The number of amides is 1. The van der Waals surface area contributed by atoms with Crippen molar-refractivity contribution in [1.29, 1.82) is 0 Å². The minimum absolute atomic E-state index is 0.184. The molecule has 1 unspecified atom stereocenters. The van der Waals surface area contributed by atoms with Gasteiger partial charge in [0.25, 0.3) is 5.91 Å². The highest BCUT2D eigenvalue weighted by Gasteiger charge is 2.22. The quantitative estimate of drug-likeness (QED) is 0.462. The van der Waals surface area contributed by atoms with Gasteiger partial charge in [-0.1, -0.05) is 23.7 Å². The molecule has 0 bridgehead atoms. The maximum Gasteiger partial charge on any atom is 0.268 e. The van der Waals surface area contributed by atoms with Crippen LogP contribution in [-0.2, 0) is 0 Å². The summed E-state index contributed by atoms with van der Waals surface area (Å²) < 4.78 is 7.97. The van der Waals surface area contributed by atoms with Gasteiger partial charge in [0.15, 0.2) is 5.58 Å². The lowest BCUT2D eigenvalue weighted by molar-refractivity contribution is 0.0996. The van der Waals surface area contributed by atoms with Crippen LogP contribution in [0.2, 0.25) is 5.02 Å². The highest BCUT2D eigenvalue weighted by atomic mass is 35.5. The highest BCUT2D eigenvalue weighted by molar-refractivity contribution is 6.30. The largest absolute Gasteiger partial charge is 0.436 e. The minimum atomic E-state index is -0.592. The Balaban J connectivity index is 1.79. The molecule has 0 saturated heterocycles. The van der Waals surface area contributed by atoms with Gasteiger partial charge in [-0.05, 0) is 50.1 Å². The van der Waals surface area contributed by atoms with Crippen LogP contribution in [0, 0.1) is 0 Å². The number of halogens is 1. The zero-order chi connectivity index (χ0) is 21.3. The number of para-hydroxylation sites is 1. The number of fused-ring (bicyclic) bond motifs is 1. The summed E-state index contributed by atoms with van der Waals surface area (Å²) in [6.45, 7) is 1.74. The van der Waals surface area contributed by atoms with Crippen LogP contribution in [0.3, 0.4) is 0 Å². The number of primary amides is 1. The van der Waals surface area contributed by atoms with Crippen molar-refractivity contribution >= 4 is 28.6 Å². The molecule has 0 radical (unpaired) electrons. The summed E-state index contributed by atoms with van der Waals surface area (Å²) in [6, 6.07) is 12.8. The van der Waals surface area contributed by atoms with E-state index in [1.54, 1.807) is 31.6 Å². The first-order chi connectivity index (χ1) is 14.4. The summed E-state index contributed by atoms with van der Waals surface area (Å²) in [5, 5.41) is 10.5. The molecule has 4 rings (SSSR count). The van der Waals surface area contributed by atoms with E-state index in [1.165, 1.54) is 0 Å². The number of aromatic nitrogens is 3. The van der Waals surface area contributed by atoms with E-state index in [9.17, 15) is 9.90 Å². The van der Waals surface area contributed by atoms with Gasteiger partial charge in [0, 0.05) is 22.3 Å². The van der Waals surface area contributed by atoms with Crippen molar-refractivity contribution in [3.63, 3.8) is 0 Å². The molecule has 0 aliphatic rings. The van der Waals surface area contributed by atoms with Gasteiger partial charge < -0.3 is 19.8 Å². The molecule has 1 amide bonds. The minimum Gasteiger partial charge on any atom is -0.436 e. The summed E-state index contributed by atoms with van der Waals surface area (Å²) >= 11 is 5.98. The summed E-state index contributed by atoms with van der Waals surface area (Å²) in [4.78, 5) is 20.2. The first-order valence-corrected chi connectivity index (χ1v) is 9.97. The van der Waals surface area contributed by atoms with Crippen LogP contribution in [0.4, 0.5) is 0 Å². The normalized spacial score (nSPS) is 13.4. The van der Waals surface area contributed by atoms with E-state index >= 15 is 0 Å². The van der Waals surface area contributed by atoms with Crippen LogP contribution >= 0.6 is 11.6 Å². The number of imidazole rings is 1. The van der Waals surface area contributed by atoms with E-state index in [-0.39, 0.29) is 11.7 Å². The summed E-state index contributed by atoms with van der Waals surface area (Å²) in [6.07, 6.45) is 3.89. The third kappa shape index (κ3) is 4.08. The third-order valence-electron chi connectivity index (χ3n) is 4.97. The molecule has 0 fully saturated rings.